The SMILES string of the molecule is COc1cc(O)c2c(c1)OCC2OCCO. The van der Waals surface area contributed by atoms with Gasteiger partial charge >= 0.3 is 0 Å². The van der Waals surface area contributed by atoms with Crippen LogP contribution in [0.25, 0.3) is 0 Å². The van der Waals surface area contributed by atoms with E-state index in [9.17, 15) is 5.11 Å². The van der Waals surface area contributed by atoms with Crippen molar-refractivity contribution in [2.45, 2.75) is 6.10 Å². The molecule has 1 aromatic carbocycles. The lowest BCUT2D eigenvalue weighted by atomic mass is 10.1. The molecule has 0 spiro atoms. The summed E-state index contributed by atoms with van der Waals surface area (Å²) in [5.41, 5.74) is 0.620. The first kappa shape index (κ1) is 11.0. The van der Waals surface area contributed by atoms with Crippen molar-refractivity contribution < 1.29 is 24.4 Å². The zero-order chi connectivity index (χ0) is 11.5. The number of benzene rings is 1. The Balaban J connectivity index is 2.25. The van der Waals surface area contributed by atoms with Crippen molar-refractivity contribution in [3.8, 4) is 17.2 Å². The Morgan fingerprint density at radius 3 is 3.00 bits per heavy atom. The van der Waals surface area contributed by atoms with Crippen LogP contribution < -0.4 is 9.47 Å². The lowest BCUT2D eigenvalue weighted by Crippen LogP contribution is -2.09. The minimum atomic E-state index is -0.326. The standard InChI is InChI=1S/C11H14O5/c1-14-7-4-8(13)11-9(5-7)16-6-10(11)15-3-2-12/h4-5,10,12-13H,2-3,6H2,1H3. The minimum Gasteiger partial charge on any atom is -0.507 e. The van der Waals surface area contributed by atoms with Crippen LogP contribution in [0.15, 0.2) is 12.1 Å². The third-order valence-electron chi connectivity index (χ3n) is 2.45. The molecule has 0 fully saturated rings. The fraction of sp³-hybridized carbons (Fsp3) is 0.455. The van der Waals surface area contributed by atoms with Crippen LogP contribution in [0.2, 0.25) is 0 Å². The number of phenolic OH excluding ortho intramolecular Hbond substituents is 1. The van der Waals surface area contributed by atoms with Gasteiger partial charge in [0.1, 0.15) is 30.0 Å². The zero-order valence-corrected chi connectivity index (χ0v) is 8.97. The molecule has 0 radical (unpaired) electrons. The first-order chi connectivity index (χ1) is 7.76. The summed E-state index contributed by atoms with van der Waals surface area (Å²) >= 11 is 0. The summed E-state index contributed by atoms with van der Waals surface area (Å²) in [6.07, 6.45) is -0.326. The van der Waals surface area contributed by atoms with Gasteiger partial charge in [-0.3, -0.25) is 0 Å². The minimum absolute atomic E-state index is 0.0528. The van der Waals surface area contributed by atoms with E-state index in [4.69, 9.17) is 19.3 Å². The summed E-state index contributed by atoms with van der Waals surface area (Å²) in [5.74, 6) is 1.20. The van der Waals surface area contributed by atoms with E-state index in [1.165, 1.54) is 13.2 Å². The number of aliphatic hydroxyl groups excluding tert-OH is 1. The molecule has 0 bridgehead atoms. The Kier molecular flexibility index (Phi) is 3.17. The van der Waals surface area contributed by atoms with Gasteiger partial charge < -0.3 is 24.4 Å². The van der Waals surface area contributed by atoms with Crippen LogP contribution in [0.4, 0.5) is 0 Å². The maximum Gasteiger partial charge on any atom is 0.132 e. The molecule has 1 aromatic rings. The molecule has 88 valence electrons. The Morgan fingerprint density at radius 2 is 2.31 bits per heavy atom. The van der Waals surface area contributed by atoms with E-state index in [1.54, 1.807) is 6.07 Å². The zero-order valence-electron chi connectivity index (χ0n) is 8.97. The lowest BCUT2D eigenvalue weighted by molar-refractivity contribution is 0.0163. The van der Waals surface area contributed by atoms with E-state index in [2.05, 4.69) is 0 Å². The van der Waals surface area contributed by atoms with Gasteiger partial charge in [0, 0.05) is 12.1 Å². The third kappa shape index (κ3) is 1.91. The average molecular weight is 226 g/mol. The van der Waals surface area contributed by atoms with Crippen molar-refractivity contribution >= 4 is 0 Å². The second-order valence-electron chi connectivity index (χ2n) is 3.45. The molecule has 0 aliphatic carbocycles. The number of ether oxygens (including phenoxy) is 3. The van der Waals surface area contributed by atoms with Crippen molar-refractivity contribution in [3.05, 3.63) is 17.7 Å². The quantitative estimate of drug-likeness (QED) is 0.796. The van der Waals surface area contributed by atoms with Gasteiger partial charge in [-0.25, -0.2) is 0 Å². The molecule has 5 heteroatoms. The van der Waals surface area contributed by atoms with Crippen LogP contribution in [-0.4, -0.2) is 37.1 Å². The summed E-state index contributed by atoms with van der Waals surface area (Å²) in [5, 5.41) is 18.5. The maximum absolute atomic E-state index is 9.81. The molecular weight excluding hydrogens is 212 g/mol. The number of fused-ring (bicyclic) bond motifs is 1. The van der Waals surface area contributed by atoms with Gasteiger partial charge in [0.2, 0.25) is 0 Å². The molecular formula is C11H14O5. The smallest absolute Gasteiger partial charge is 0.132 e. The predicted molar refractivity (Wildman–Crippen MR) is 55.9 cm³/mol. The van der Waals surface area contributed by atoms with Crippen LogP contribution >= 0.6 is 0 Å². The molecule has 2 rings (SSSR count). The summed E-state index contributed by atoms with van der Waals surface area (Å²) in [6, 6.07) is 3.22. The number of methoxy groups -OCH3 is 1. The monoisotopic (exact) mass is 226 g/mol. The molecule has 5 nitrogen and oxygen atoms in total. The van der Waals surface area contributed by atoms with E-state index < -0.39 is 0 Å². The molecule has 0 aromatic heterocycles. The van der Waals surface area contributed by atoms with Crippen molar-refractivity contribution in [2.75, 3.05) is 26.9 Å². The molecule has 1 aliphatic heterocycles. The Labute approximate surface area is 93.2 Å². The maximum atomic E-state index is 9.81. The van der Waals surface area contributed by atoms with Gasteiger partial charge in [-0.05, 0) is 0 Å². The fourth-order valence-electron chi connectivity index (χ4n) is 1.72. The number of phenols is 1. The third-order valence-corrected chi connectivity index (χ3v) is 2.45. The number of aliphatic hydroxyl groups is 1. The highest BCUT2D eigenvalue weighted by Gasteiger charge is 2.29. The molecule has 0 amide bonds. The summed E-state index contributed by atoms with van der Waals surface area (Å²) < 4.78 is 15.8. The van der Waals surface area contributed by atoms with E-state index in [1.807, 2.05) is 0 Å². The summed E-state index contributed by atoms with van der Waals surface area (Å²) in [7, 11) is 1.52. The second-order valence-corrected chi connectivity index (χ2v) is 3.45. The number of aromatic hydroxyl groups is 1. The van der Waals surface area contributed by atoms with Gasteiger partial charge in [-0.1, -0.05) is 0 Å². The predicted octanol–water partition coefficient (Wildman–Crippen LogP) is 0.843. The van der Waals surface area contributed by atoms with Gasteiger partial charge in [-0.2, -0.15) is 0 Å². The molecule has 0 saturated heterocycles. The van der Waals surface area contributed by atoms with E-state index in [0.29, 0.717) is 23.7 Å². The van der Waals surface area contributed by atoms with Gasteiger partial charge in [0.15, 0.2) is 0 Å². The average Bonchev–Trinajstić information content (AvgIpc) is 2.69. The Bertz CT molecular complexity index is 377. The number of hydrogen-bond donors (Lipinski definition) is 2. The van der Waals surface area contributed by atoms with E-state index >= 15 is 0 Å². The molecule has 1 atom stereocenters. The summed E-state index contributed by atoms with van der Waals surface area (Å²) in [4.78, 5) is 0. The van der Waals surface area contributed by atoms with E-state index in [-0.39, 0.29) is 25.1 Å². The highest BCUT2D eigenvalue weighted by molar-refractivity contribution is 5.53. The molecule has 0 saturated carbocycles. The molecule has 1 heterocycles. The topological polar surface area (TPSA) is 68.2 Å². The van der Waals surface area contributed by atoms with Gasteiger partial charge in [0.05, 0.1) is 25.9 Å². The summed E-state index contributed by atoms with van der Waals surface area (Å²) in [6.45, 7) is 0.512. The molecule has 1 unspecified atom stereocenters. The lowest BCUT2D eigenvalue weighted by Gasteiger charge is -2.11. The van der Waals surface area contributed by atoms with Crippen LogP contribution in [-0.2, 0) is 4.74 Å². The largest absolute Gasteiger partial charge is 0.507 e. The van der Waals surface area contributed by atoms with Gasteiger partial charge in [-0.15, -0.1) is 0 Å². The van der Waals surface area contributed by atoms with Crippen molar-refractivity contribution in [2.24, 2.45) is 0 Å². The van der Waals surface area contributed by atoms with Crippen molar-refractivity contribution in [1.29, 1.82) is 0 Å². The Hall–Kier alpha value is -1.46. The van der Waals surface area contributed by atoms with Crippen LogP contribution in [0.3, 0.4) is 0 Å². The first-order valence-corrected chi connectivity index (χ1v) is 5.02. The highest BCUT2D eigenvalue weighted by atomic mass is 16.5. The fourth-order valence-corrected chi connectivity index (χ4v) is 1.72. The van der Waals surface area contributed by atoms with Crippen LogP contribution in [0.5, 0.6) is 17.2 Å². The van der Waals surface area contributed by atoms with E-state index in [0.717, 1.165) is 0 Å². The normalized spacial score (nSPS) is 18.0. The molecule has 2 N–H and O–H groups in total. The first-order valence-electron chi connectivity index (χ1n) is 5.02. The van der Waals surface area contributed by atoms with Crippen molar-refractivity contribution in [3.63, 3.8) is 0 Å². The second kappa shape index (κ2) is 4.59. The molecule has 1 aliphatic rings. The number of hydrogen-bond acceptors (Lipinski definition) is 5. The van der Waals surface area contributed by atoms with Crippen LogP contribution in [0, 0.1) is 0 Å². The van der Waals surface area contributed by atoms with Gasteiger partial charge in [0.25, 0.3) is 0 Å². The highest BCUT2D eigenvalue weighted by Crippen LogP contribution is 2.43. The van der Waals surface area contributed by atoms with Crippen LogP contribution in [0.1, 0.15) is 11.7 Å². The number of rotatable bonds is 4. The molecule has 16 heavy (non-hydrogen) atoms. The van der Waals surface area contributed by atoms with Crippen molar-refractivity contribution in [1.82, 2.24) is 0 Å². The Morgan fingerprint density at radius 1 is 1.50 bits per heavy atom.